The predicted molar refractivity (Wildman–Crippen MR) is 55.8 cm³/mol. The van der Waals surface area contributed by atoms with Crippen molar-refractivity contribution in [3.8, 4) is 0 Å². The molecule has 0 spiro atoms. The minimum absolute atomic E-state index is 0.128. The van der Waals surface area contributed by atoms with Gasteiger partial charge in [0.15, 0.2) is 0 Å². The van der Waals surface area contributed by atoms with E-state index in [-0.39, 0.29) is 11.5 Å². The standard InChI is InChI=1S/C11H12FNO2/c1-3-15-11(14)8(2)13-10-6-4-9(12)5-7-10/h4-7,13H,2-3H2,1H3. The number of halogens is 1. The van der Waals surface area contributed by atoms with Gasteiger partial charge >= 0.3 is 5.97 Å². The van der Waals surface area contributed by atoms with Crippen LogP contribution in [0.5, 0.6) is 0 Å². The van der Waals surface area contributed by atoms with Gasteiger partial charge in [0.05, 0.1) is 6.61 Å². The van der Waals surface area contributed by atoms with Gasteiger partial charge in [-0.3, -0.25) is 0 Å². The minimum atomic E-state index is -0.512. The molecule has 80 valence electrons. The van der Waals surface area contributed by atoms with Gasteiger partial charge in [0.1, 0.15) is 11.5 Å². The third kappa shape index (κ3) is 3.42. The fraction of sp³-hybridized carbons (Fsp3) is 0.182. The van der Waals surface area contributed by atoms with Gasteiger partial charge in [-0.05, 0) is 31.2 Å². The molecule has 0 aliphatic carbocycles. The van der Waals surface area contributed by atoms with E-state index in [0.717, 1.165) is 0 Å². The Balaban J connectivity index is 2.58. The number of esters is 1. The lowest BCUT2D eigenvalue weighted by Gasteiger charge is -2.08. The molecule has 0 saturated heterocycles. The summed E-state index contributed by atoms with van der Waals surface area (Å²) in [5.74, 6) is -0.843. The van der Waals surface area contributed by atoms with Gasteiger partial charge in [0.25, 0.3) is 0 Å². The van der Waals surface area contributed by atoms with Gasteiger partial charge in [-0.15, -0.1) is 0 Å². The third-order valence-corrected chi connectivity index (χ3v) is 1.66. The van der Waals surface area contributed by atoms with Crippen molar-refractivity contribution >= 4 is 11.7 Å². The van der Waals surface area contributed by atoms with E-state index < -0.39 is 5.97 Å². The van der Waals surface area contributed by atoms with Crippen molar-refractivity contribution in [2.45, 2.75) is 6.92 Å². The Morgan fingerprint density at radius 1 is 1.47 bits per heavy atom. The summed E-state index contributed by atoms with van der Waals surface area (Å²) in [6.07, 6.45) is 0. The summed E-state index contributed by atoms with van der Waals surface area (Å²) in [4.78, 5) is 11.2. The number of rotatable bonds is 4. The molecule has 0 aliphatic heterocycles. The monoisotopic (exact) mass is 209 g/mol. The van der Waals surface area contributed by atoms with Crippen LogP contribution in [0.4, 0.5) is 10.1 Å². The molecule has 0 heterocycles. The number of carbonyl (C=O) groups excluding carboxylic acids is 1. The average molecular weight is 209 g/mol. The van der Waals surface area contributed by atoms with E-state index in [1.807, 2.05) is 0 Å². The summed E-state index contributed by atoms with van der Waals surface area (Å²) in [7, 11) is 0. The van der Waals surface area contributed by atoms with Crippen molar-refractivity contribution in [2.75, 3.05) is 11.9 Å². The maximum atomic E-state index is 12.6. The lowest BCUT2D eigenvalue weighted by Crippen LogP contribution is -2.13. The lowest BCUT2D eigenvalue weighted by molar-refractivity contribution is -0.138. The zero-order valence-corrected chi connectivity index (χ0v) is 8.42. The fourth-order valence-corrected chi connectivity index (χ4v) is 0.977. The first-order chi connectivity index (χ1) is 7.13. The van der Waals surface area contributed by atoms with Crippen LogP contribution in [-0.4, -0.2) is 12.6 Å². The number of hydrogen-bond acceptors (Lipinski definition) is 3. The molecule has 0 amide bonds. The Morgan fingerprint density at radius 3 is 2.60 bits per heavy atom. The van der Waals surface area contributed by atoms with Crippen LogP contribution in [0.3, 0.4) is 0 Å². The molecular weight excluding hydrogens is 197 g/mol. The van der Waals surface area contributed by atoms with Crippen molar-refractivity contribution in [3.63, 3.8) is 0 Å². The number of carbonyl (C=O) groups is 1. The molecule has 0 radical (unpaired) electrons. The molecule has 0 saturated carbocycles. The largest absolute Gasteiger partial charge is 0.461 e. The molecular formula is C11H12FNO2. The average Bonchev–Trinajstić information content (AvgIpc) is 2.22. The minimum Gasteiger partial charge on any atom is -0.461 e. The molecule has 0 unspecified atom stereocenters. The zero-order chi connectivity index (χ0) is 11.3. The molecule has 0 atom stereocenters. The van der Waals surface area contributed by atoms with Crippen LogP contribution >= 0.6 is 0 Å². The quantitative estimate of drug-likeness (QED) is 0.611. The van der Waals surface area contributed by atoms with Gasteiger partial charge in [-0.25, -0.2) is 9.18 Å². The summed E-state index contributed by atoms with van der Waals surface area (Å²) in [6.45, 7) is 5.52. The van der Waals surface area contributed by atoms with Crippen LogP contribution < -0.4 is 5.32 Å². The van der Waals surface area contributed by atoms with Gasteiger partial charge in [-0.2, -0.15) is 0 Å². The van der Waals surface area contributed by atoms with Gasteiger partial charge in [-0.1, -0.05) is 6.58 Å². The second kappa shape index (κ2) is 5.14. The topological polar surface area (TPSA) is 38.3 Å². The molecule has 0 aliphatic rings. The first-order valence-corrected chi connectivity index (χ1v) is 4.52. The molecule has 15 heavy (non-hydrogen) atoms. The molecule has 0 fully saturated rings. The van der Waals surface area contributed by atoms with E-state index in [4.69, 9.17) is 4.74 Å². The molecule has 3 nitrogen and oxygen atoms in total. The highest BCUT2D eigenvalue weighted by Crippen LogP contribution is 2.10. The van der Waals surface area contributed by atoms with Crippen LogP contribution in [0.2, 0.25) is 0 Å². The zero-order valence-electron chi connectivity index (χ0n) is 8.42. The summed E-state index contributed by atoms with van der Waals surface area (Å²) in [5.41, 5.74) is 0.720. The maximum Gasteiger partial charge on any atom is 0.354 e. The first-order valence-electron chi connectivity index (χ1n) is 4.52. The van der Waals surface area contributed by atoms with E-state index in [1.165, 1.54) is 24.3 Å². The smallest absolute Gasteiger partial charge is 0.354 e. The first kappa shape index (κ1) is 11.2. The number of anilines is 1. The Labute approximate surface area is 87.6 Å². The molecule has 1 aromatic rings. The van der Waals surface area contributed by atoms with Gasteiger partial charge in [0, 0.05) is 5.69 Å². The summed E-state index contributed by atoms with van der Waals surface area (Å²) in [5, 5.41) is 2.72. The van der Waals surface area contributed by atoms with Crippen LogP contribution in [0, 0.1) is 5.82 Å². The van der Waals surface area contributed by atoms with Crippen LogP contribution in [0.25, 0.3) is 0 Å². The van der Waals surface area contributed by atoms with E-state index in [9.17, 15) is 9.18 Å². The van der Waals surface area contributed by atoms with Crippen molar-refractivity contribution < 1.29 is 13.9 Å². The van der Waals surface area contributed by atoms with Crippen LogP contribution in [0.15, 0.2) is 36.5 Å². The summed E-state index contributed by atoms with van der Waals surface area (Å²) < 4.78 is 17.3. The molecule has 1 aromatic carbocycles. The molecule has 4 heteroatoms. The second-order valence-electron chi connectivity index (χ2n) is 2.83. The predicted octanol–water partition coefficient (Wildman–Crippen LogP) is 2.31. The summed E-state index contributed by atoms with van der Waals surface area (Å²) >= 11 is 0. The number of hydrogen-bond donors (Lipinski definition) is 1. The highest BCUT2D eigenvalue weighted by atomic mass is 19.1. The number of benzene rings is 1. The maximum absolute atomic E-state index is 12.6. The Bertz CT molecular complexity index is 359. The fourth-order valence-electron chi connectivity index (χ4n) is 0.977. The third-order valence-electron chi connectivity index (χ3n) is 1.66. The Morgan fingerprint density at radius 2 is 2.07 bits per heavy atom. The Hall–Kier alpha value is -1.84. The lowest BCUT2D eigenvalue weighted by atomic mass is 10.3. The number of ether oxygens (including phenoxy) is 1. The molecule has 0 bridgehead atoms. The molecule has 0 aromatic heterocycles. The van der Waals surface area contributed by atoms with E-state index >= 15 is 0 Å². The van der Waals surface area contributed by atoms with E-state index in [1.54, 1.807) is 6.92 Å². The van der Waals surface area contributed by atoms with Crippen molar-refractivity contribution in [1.82, 2.24) is 0 Å². The van der Waals surface area contributed by atoms with Gasteiger partial charge < -0.3 is 10.1 Å². The van der Waals surface area contributed by atoms with Gasteiger partial charge in [0.2, 0.25) is 0 Å². The Kier molecular flexibility index (Phi) is 3.85. The molecule has 1 N–H and O–H groups in total. The van der Waals surface area contributed by atoms with Crippen molar-refractivity contribution in [3.05, 3.63) is 42.4 Å². The van der Waals surface area contributed by atoms with Crippen LogP contribution in [0.1, 0.15) is 6.92 Å². The number of nitrogens with one attached hydrogen (secondary N) is 1. The normalized spacial score (nSPS) is 9.47. The highest BCUT2D eigenvalue weighted by Gasteiger charge is 2.07. The van der Waals surface area contributed by atoms with Crippen molar-refractivity contribution in [2.24, 2.45) is 0 Å². The highest BCUT2D eigenvalue weighted by molar-refractivity contribution is 5.91. The SMILES string of the molecule is C=C(Nc1ccc(F)cc1)C(=O)OCC. The van der Waals surface area contributed by atoms with E-state index in [0.29, 0.717) is 12.3 Å². The van der Waals surface area contributed by atoms with Crippen molar-refractivity contribution in [1.29, 1.82) is 0 Å². The van der Waals surface area contributed by atoms with Crippen LogP contribution in [-0.2, 0) is 9.53 Å². The van der Waals surface area contributed by atoms with E-state index in [2.05, 4.69) is 11.9 Å². The molecule has 1 rings (SSSR count). The second-order valence-corrected chi connectivity index (χ2v) is 2.83. The summed E-state index contributed by atoms with van der Waals surface area (Å²) in [6, 6.07) is 5.61.